The van der Waals surface area contributed by atoms with Crippen molar-refractivity contribution >= 4 is 22.9 Å². The number of carbonyl (C=O) groups excluding carboxylic acids is 1. The minimum atomic E-state index is 0.0767. The van der Waals surface area contributed by atoms with Gasteiger partial charge in [0.1, 0.15) is 5.52 Å². The summed E-state index contributed by atoms with van der Waals surface area (Å²) in [5.74, 6) is 0.505. The number of nitrogens with one attached hydrogen (secondary N) is 1. The van der Waals surface area contributed by atoms with Crippen LogP contribution in [0.2, 0.25) is 0 Å². The third-order valence-corrected chi connectivity index (χ3v) is 3.09. The number of carbonyl (C=O) groups is 1. The van der Waals surface area contributed by atoms with Crippen molar-refractivity contribution in [2.75, 3.05) is 5.73 Å². The molecule has 1 aliphatic rings. The van der Waals surface area contributed by atoms with Gasteiger partial charge in [-0.3, -0.25) is 9.78 Å². The summed E-state index contributed by atoms with van der Waals surface area (Å²) in [6, 6.07) is 2.26. The number of amides is 1. The van der Waals surface area contributed by atoms with Crippen LogP contribution in [0.3, 0.4) is 0 Å². The molecule has 3 rings (SSSR count). The maximum Gasteiger partial charge on any atom is 0.222 e. The van der Waals surface area contributed by atoms with Crippen molar-refractivity contribution in [1.82, 2.24) is 19.9 Å². The molecule has 2 aromatic heterocycles. The van der Waals surface area contributed by atoms with Gasteiger partial charge in [0, 0.05) is 25.2 Å². The molecule has 1 amide bonds. The van der Waals surface area contributed by atoms with Crippen molar-refractivity contribution in [3.8, 4) is 0 Å². The zero-order valence-electron chi connectivity index (χ0n) is 9.97. The van der Waals surface area contributed by atoms with E-state index in [2.05, 4.69) is 15.3 Å². The van der Waals surface area contributed by atoms with E-state index >= 15 is 0 Å². The van der Waals surface area contributed by atoms with Gasteiger partial charge in [-0.25, -0.2) is 4.98 Å². The molecular weight excluding hydrogens is 230 g/mol. The van der Waals surface area contributed by atoms with E-state index in [0.29, 0.717) is 25.0 Å². The first-order valence-corrected chi connectivity index (χ1v) is 6.09. The van der Waals surface area contributed by atoms with Crippen molar-refractivity contribution in [1.29, 1.82) is 0 Å². The number of nitrogens with two attached hydrogens (primary N) is 1. The summed E-state index contributed by atoms with van der Waals surface area (Å²) in [5, 5.41) is 2.96. The first-order valence-electron chi connectivity index (χ1n) is 6.09. The topological polar surface area (TPSA) is 85.8 Å². The average molecular weight is 245 g/mol. The molecule has 94 valence electrons. The van der Waals surface area contributed by atoms with Crippen LogP contribution >= 0.6 is 0 Å². The number of rotatable bonds is 4. The second-order valence-electron chi connectivity index (χ2n) is 4.58. The van der Waals surface area contributed by atoms with Crippen LogP contribution in [0, 0.1) is 0 Å². The van der Waals surface area contributed by atoms with E-state index in [1.165, 1.54) is 0 Å². The molecule has 0 saturated heterocycles. The van der Waals surface area contributed by atoms with Gasteiger partial charge in [0.05, 0.1) is 11.7 Å². The highest BCUT2D eigenvalue weighted by atomic mass is 16.1. The van der Waals surface area contributed by atoms with E-state index in [1.54, 1.807) is 12.4 Å². The lowest BCUT2D eigenvalue weighted by Gasteiger charge is -2.06. The predicted octanol–water partition coefficient (Wildman–Crippen LogP) is 0.682. The number of nitrogens with zero attached hydrogens (tertiary/aromatic N) is 3. The molecule has 0 aliphatic heterocycles. The number of anilines is 1. The second kappa shape index (κ2) is 4.29. The molecule has 0 atom stereocenters. The fraction of sp³-hybridized carbons (Fsp3) is 0.417. The Kier molecular flexibility index (Phi) is 2.62. The van der Waals surface area contributed by atoms with Crippen LogP contribution in [0.1, 0.15) is 19.3 Å². The monoisotopic (exact) mass is 245 g/mol. The van der Waals surface area contributed by atoms with Gasteiger partial charge in [-0.2, -0.15) is 0 Å². The molecule has 0 spiro atoms. The van der Waals surface area contributed by atoms with E-state index in [1.807, 2.05) is 10.6 Å². The van der Waals surface area contributed by atoms with Gasteiger partial charge in [0.15, 0.2) is 0 Å². The Labute approximate surface area is 104 Å². The van der Waals surface area contributed by atoms with Crippen LogP contribution in [0.25, 0.3) is 11.0 Å². The normalized spacial score (nSPS) is 14.9. The van der Waals surface area contributed by atoms with Gasteiger partial charge < -0.3 is 15.6 Å². The highest BCUT2D eigenvalue weighted by Crippen LogP contribution is 2.19. The minimum absolute atomic E-state index is 0.0767. The quantitative estimate of drug-likeness (QED) is 0.829. The summed E-state index contributed by atoms with van der Waals surface area (Å²) in [6.07, 6.45) is 6.01. The number of fused-ring (bicyclic) bond motifs is 1. The van der Waals surface area contributed by atoms with E-state index in [0.717, 1.165) is 23.9 Å². The summed E-state index contributed by atoms with van der Waals surface area (Å²) >= 11 is 0. The number of hydrogen-bond acceptors (Lipinski definition) is 4. The molecule has 0 unspecified atom stereocenters. The number of hydrogen-bond donors (Lipinski definition) is 2. The molecule has 18 heavy (non-hydrogen) atoms. The zero-order chi connectivity index (χ0) is 12.5. The van der Waals surface area contributed by atoms with Crippen molar-refractivity contribution < 1.29 is 4.79 Å². The SMILES string of the molecule is Nc1nc2cnccc2n1CCC(=O)NC1CC1. The second-order valence-corrected chi connectivity index (χ2v) is 4.58. The summed E-state index contributed by atoms with van der Waals surface area (Å²) in [7, 11) is 0. The summed E-state index contributed by atoms with van der Waals surface area (Å²) in [6.45, 7) is 0.547. The molecular formula is C12H15N5O. The lowest BCUT2D eigenvalue weighted by Crippen LogP contribution is -2.26. The van der Waals surface area contributed by atoms with Gasteiger partial charge in [-0.1, -0.05) is 0 Å². The standard InChI is InChI=1S/C12H15N5O/c13-12-16-9-7-14-5-3-10(9)17(12)6-4-11(18)15-8-1-2-8/h3,5,7-8H,1-2,4,6H2,(H2,13,16)(H,15,18). The highest BCUT2D eigenvalue weighted by molar-refractivity contribution is 5.79. The molecule has 2 aromatic rings. The van der Waals surface area contributed by atoms with Crippen LogP contribution in [-0.2, 0) is 11.3 Å². The van der Waals surface area contributed by atoms with Crippen LogP contribution in [-0.4, -0.2) is 26.5 Å². The summed E-state index contributed by atoms with van der Waals surface area (Å²) in [4.78, 5) is 19.8. The number of aromatic nitrogens is 3. The minimum Gasteiger partial charge on any atom is -0.369 e. The molecule has 6 heteroatoms. The Bertz CT molecular complexity index is 587. The molecule has 0 radical (unpaired) electrons. The molecule has 1 fully saturated rings. The van der Waals surface area contributed by atoms with Crippen molar-refractivity contribution in [2.24, 2.45) is 0 Å². The number of pyridine rings is 1. The molecule has 1 saturated carbocycles. The van der Waals surface area contributed by atoms with Gasteiger partial charge in [0.25, 0.3) is 0 Å². The fourth-order valence-corrected chi connectivity index (χ4v) is 1.98. The lowest BCUT2D eigenvalue weighted by molar-refractivity contribution is -0.121. The Morgan fingerprint density at radius 2 is 2.39 bits per heavy atom. The van der Waals surface area contributed by atoms with Gasteiger partial charge in [-0.15, -0.1) is 0 Å². The third kappa shape index (κ3) is 2.13. The molecule has 6 nitrogen and oxygen atoms in total. The van der Waals surface area contributed by atoms with Gasteiger partial charge >= 0.3 is 0 Å². The van der Waals surface area contributed by atoms with E-state index in [-0.39, 0.29) is 5.91 Å². The maximum atomic E-state index is 11.6. The molecule has 1 aliphatic carbocycles. The average Bonchev–Trinajstić information content (AvgIpc) is 3.09. The Balaban J connectivity index is 1.73. The number of nitrogen functional groups attached to an aromatic ring is 1. The lowest BCUT2D eigenvalue weighted by atomic mass is 10.3. The largest absolute Gasteiger partial charge is 0.369 e. The van der Waals surface area contributed by atoms with E-state index in [4.69, 9.17) is 5.73 Å². The number of imidazole rings is 1. The highest BCUT2D eigenvalue weighted by Gasteiger charge is 2.23. The Morgan fingerprint density at radius 1 is 1.56 bits per heavy atom. The predicted molar refractivity (Wildman–Crippen MR) is 67.7 cm³/mol. The maximum absolute atomic E-state index is 11.6. The van der Waals surface area contributed by atoms with Crippen LogP contribution in [0.4, 0.5) is 5.95 Å². The summed E-state index contributed by atoms with van der Waals surface area (Å²) in [5.41, 5.74) is 7.53. The summed E-state index contributed by atoms with van der Waals surface area (Å²) < 4.78 is 1.85. The molecule has 2 heterocycles. The Morgan fingerprint density at radius 3 is 3.17 bits per heavy atom. The number of aryl methyl sites for hydroxylation is 1. The van der Waals surface area contributed by atoms with Gasteiger partial charge in [0.2, 0.25) is 11.9 Å². The third-order valence-electron chi connectivity index (χ3n) is 3.09. The van der Waals surface area contributed by atoms with Crippen LogP contribution < -0.4 is 11.1 Å². The first-order chi connectivity index (χ1) is 8.74. The van der Waals surface area contributed by atoms with Crippen LogP contribution in [0.5, 0.6) is 0 Å². The smallest absolute Gasteiger partial charge is 0.222 e. The fourth-order valence-electron chi connectivity index (χ4n) is 1.98. The molecule has 0 bridgehead atoms. The van der Waals surface area contributed by atoms with Gasteiger partial charge in [-0.05, 0) is 18.9 Å². The zero-order valence-corrected chi connectivity index (χ0v) is 9.97. The first kappa shape index (κ1) is 11.0. The molecule has 0 aromatic carbocycles. The van der Waals surface area contributed by atoms with Crippen LogP contribution in [0.15, 0.2) is 18.5 Å². The molecule has 3 N–H and O–H groups in total. The van der Waals surface area contributed by atoms with Crippen molar-refractivity contribution in [2.45, 2.75) is 31.8 Å². The van der Waals surface area contributed by atoms with Crippen molar-refractivity contribution in [3.63, 3.8) is 0 Å². The Hall–Kier alpha value is -2.11. The van der Waals surface area contributed by atoms with E-state index < -0.39 is 0 Å². The van der Waals surface area contributed by atoms with E-state index in [9.17, 15) is 4.79 Å². The van der Waals surface area contributed by atoms with Crippen molar-refractivity contribution in [3.05, 3.63) is 18.5 Å².